The van der Waals surface area contributed by atoms with Gasteiger partial charge < -0.3 is 24.3 Å². The third-order valence-electron chi connectivity index (χ3n) is 5.11. The van der Waals surface area contributed by atoms with Crippen LogP contribution in [0.2, 0.25) is 0 Å². The van der Waals surface area contributed by atoms with Gasteiger partial charge in [0.25, 0.3) is 5.91 Å². The summed E-state index contributed by atoms with van der Waals surface area (Å²) in [6.45, 7) is 4.93. The molecule has 1 aromatic carbocycles. The van der Waals surface area contributed by atoms with E-state index in [2.05, 4.69) is 20.4 Å². The van der Waals surface area contributed by atoms with Gasteiger partial charge in [0, 0.05) is 26.2 Å². The van der Waals surface area contributed by atoms with E-state index in [0.29, 0.717) is 38.5 Å². The second-order valence-electron chi connectivity index (χ2n) is 7.42. The number of thioether (sulfide) groups is 1. The van der Waals surface area contributed by atoms with Gasteiger partial charge in [0.15, 0.2) is 10.9 Å². The molecule has 0 atom stereocenters. The van der Waals surface area contributed by atoms with Gasteiger partial charge in [0.2, 0.25) is 11.0 Å². The van der Waals surface area contributed by atoms with Crippen LogP contribution < -0.4 is 15.0 Å². The van der Waals surface area contributed by atoms with Gasteiger partial charge in [-0.1, -0.05) is 41.3 Å². The number of benzene rings is 1. The summed E-state index contributed by atoms with van der Waals surface area (Å²) < 4.78 is 11.6. The third kappa shape index (κ3) is 6.48. The van der Waals surface area contributed by atoms with Crippen molar-refractivity contribution in [2.45, 2.75) is 17.8 Å². The van der Waals surface area contributed by atoms with E-state index in [1.165, 1.54) is 23.1 Å². The Balaban J connectivity index is 1.18. The SMILES string of the molecule is Cc1ccccc1OCC(=O)N1CCN(c2nnc(SCC(=O)NCc3ccco3)s2)CC1. The molecule has 0 unspecified atom stereocenters. The number of amides is 2. The first-order chi connectivity index (χ1) is 16.1. The number of carbonyl (C=O) groups is 2. The smallest absolute Gasteiger partial charge is 0.260 e. The zero-order valence-electron chi connectivity index (χ0n) is 18.2. The molecule has 33 heavy (non-hydrogen) atoms. The summed E-state index contributed by atoms with van der Waals surface area (Å²) in [4.78, 5) is 28.5. The lowest BCUT2D eigenvalue weighted by molar-refractivity contribution is -0.133. The van der Waals surface area contributed by atoms with Crippen LogP contribution in [-0.4, -0.2) is 65.5 Å². The van der Waals surface area contributed by atoms with Crippen molar-refractivity contribution < 1.29 is 18.7 Å². The summed E-state index contributed by atoms with van der Waals surface area (Å²) in [5, 5.41) is 12.1. The van der Waals surface area contributed by atoms with Crippen LogP contribution >= 0.6 is 23.1 Å². The van der Waals surface area contributed by atoms with Crippen LogP contribution in [0, 0.1) is 6.92 Å². The Morgan fingerprint density at radius 3 is 2.73 bits per heavy atom. The third-order valence-corrected chi connectivity index (χ3v) is 7.23. The molecule has 2 amide bonds. The summed E-state index contributed by atoms with van der Waals surface area (Å²) in [6.07, 6.45) is 1.58. The van der Waals surface area contributed by atoms with E-state index in [9.17, 15) is 9.59 Å². The zero-order chi connectivity index (χ0) is 23.0. The quantitative estimate of drug-likeness (QED) is 0.460. The summed E-state index contributed by atoms with van der Waals surface area (Å²) >= 11 is 2.81. The predicted molar refractivity (Wildman–Crippen MR) is 127 cm³/mol. The van der Waals surface area contributed by atoms with Gasteiger partial charge in [-0.25, -0.2) is 0 Å². The van der Waals surface area contributed by atoms with Crippen molar-refractivity contribution in [2.24, 2.45) is 0 Å². The Bertz CT molecular complexity index is 1060. The largest absolute Gasteiger partial charge is 0.484 e. The van der Waals surface area contributed by atoms with E-state index < -0.39 is 0 Å². The molecule has 11 heteroatoms. The Morgan fingerprint density at radius 1 is 1.15 bits per heavy atom. The van der Waals surface area contributed by atoms with Crippen molar-refractivity contribution in [3.63, 3.8) is 0 Å². The summed E-state index contributed by atoms with van der Waals surface area (Å²) in [6, 6.07) is 11.3. The maximum Gasteiger partial charge on any atom is 0.260 e. The van der Waals surface area contributed by atoms with E-state index in [0.717, 1.165) is 20.8 Å². The maximum atomic E-state index is 12.5. The number of piperazine rings is 1. The summed E-state index contributed by atoms with van der Waals surface area (Å²) in [5.74, 6) is 1.60. The van der Waals surface area contributed by atoms with Crippen LogP contribution in [0.3, 0.4) is 0 Å². The fourth-order valence-electron chi connectivity index (χ4n) is 3.26. The minimum Gasteiger partial charge on any atom is -0.484 e. The number of hydrogen-bond donors (Lipinski definition) is 1. The highest BCUT2D eigenvalue weighted by atomic mass is 32.2. The molecule has 0 aliphatic carbocycles. The fraction of sp³-hybridized carbons (Fsp3) is 0.364. The molecule has 3 heterocycles. The molecule has 3 aromatic rings. The average molecular weight is 488 g/mol. The summed E-state index contributed by atoms with van der Waals surface area (Å²) in [5.41, 5.74) is 1.01. The van der Waals surface area contributed by atoms with E-state index in [-0.39, 0.29) is 24.2 Å². The molecule has 174 valence electrons. The first-order valence-corrected chi connectivity index (χ1v) is 12.4. The Kier molecular flexibility index (Phi) is 7.84. The van der Waals surface area contributed by atoms with E-state index in [4.69, 9.17) is 9.15 Å². The minimum atomic E-state index is -0.0896. The highest BCUT2D eigenvalue weighted by molar-refractivity contribution is 8.01. The monoisotopic (exact) mass is 487 g/mol. The first-order valence-electron chi connectivity index (χ1n) is 10.5. The lowest BCUT2D eigenvalue weighted by Gasteiger charge is -2.34. The van der Waals surface area contributed by atoms with Gasteiger partial charge in [-0.2, -0.15) is 0 Å². The van der Waals surface area contributed by atoms with Crippen molar-refractivity contribution in [1.82, 2.24) is 20.4 Å². The Labute approximate surface area is 200 Å². The second kappa shape index (κ2) is 11.2. The molecule has 1 N–H and O–H groups in total. The molecule has 2 aromatic heterocycles. The Hall–Kier alpha value is -3.05. The number of anilines is 1. The van der Waals surface area contributed by atoms with Crippen LogP contribution in [0.4, 0.5) is 5.13 Å². The number of rotatable bonds is 9. The first kappa shape index (κ1) is 23.1. The number of carbonyl (C=O) groups excluding carboxylic acids is 2. The molecule has 1 fully saturated rings. The van der Waals surface area contributed by atoms with Gasteiger partial charge in [-0.15, -0.1) is 10.2 Å². The molecular weight excluding hydrogens is 462 g/mol. The van der Waals surface area contributed by atoms with Crippen LogP contribution in [0.1, 0.15) is 11.3 Å². The minimum absolute atomic E-state index is 0.0213. The van der Waals surface area contributed by atoms with Crippen molar-refractivity contribution in [1.29, 1.82) is 0 Å². The van der Waals surface area contributed by atoms with Gasteiger partial charge in [-0.05, 0) is 30.7 Å². The molecule has 0 bridgehead atoms. The molecular formula is C22H25N5O4S2. The van der Waals surface area contributed by atoms with Crippen LogP contribution in [0.5, 0.6) is 5.75 Å². The molecule has 0 spiro atoms. The maximum absolute atomic E-state index is 12.5. The summed E-state index contributed by atoms with van der Waals surface area (Å²) in [7, 11) is 0. The standard InChI is InChI=1S/C22H25N5O4S2/c1-16-5-2-3-7-18(16)31-14-20(29)26-8-10-27(11-9-26)21-24-25-22(33-21)32-15-19(28)23-13-17-6-4-12-30-17/h2-7,12H,8-11,13-15H2,1H3,(H,23,28). The van der Waals surface area contributed by atoms with Crippen molar-refractivity contribution in [3.05, 3.63) is 54.0 Å². The highest BCUT2D eigenvalue weighted by Gasteiger charge is 2.24. The number of nitrogens with one attached hydrogen (secondary N) is 1. The number of para-hydroxylation sites is 1. The van der Waals surface area contributed by atoms with Crippen LogP contribution in [0.25, 0.3) is 0 Å². The van der Waals surface area contributed by atoms with Gasteiger partial charge in [-0.3, -0.25) is 9.59 Å². The van der Waals surface area contributed by atoms with Crippen molar-refractivity contribution in [2.75, 3.05) is 43.4 Å². The number of nitrogens with zero attached hydrogens (tertiary/aromatic N) is 4. The molecule has 4 rings (SSSR count). The average Bonchev–Trinajstić information content (AvgIpc) is 3.53. The molecule has 1 aliphatic rings. The van der Waals surface area contributed by atoms with Crippen LogP contribution in [0.15, 0.2) is 51.4 Å². The number of hydrogen-bond acceptors (Lipinski definition) is 9. The topological polar surface area (TPSA) is 101 Å². The Morgan fingerprint density at radius 2 is 1.97 bits per heavy atom. The highest BCUT2D eigenvalue weighted by Crippen LogP contribution is 2.28. The normalized spacial score (nSPS) is 13.7. The number of aryl methyl sites for hydroxylation is 1. The van der Waals surface area contributed by atoms with Crippen LogP contribution in [-0.2, 0) is 16.1 Å². The molecule has 0 saturated carbocycles. The second-order valence-corrected chi connectivity index (χ2v) is 9.60. The van der Waals surface area contributed by atoms with Crippen molar-refractivity contribution in [3.8, 4) is 5.75 Å². The number of ether oxygens (including phenoxy) is 1. The number of aromatic nitrogens is 2. The molecule has 0 radical (unpaired) electrons. The van der Waals surface area contributed by atoms with Gasteiger partial charge >= 0.3 is 0 Å². The van der Waals surface area contributed by atoms with Gasteiger partial charge in [0.1, 0.15) is 11.5 Å². The van der Waals surface area contributed by atoms with Crippen molar-refractivity contribution >= 4 is 40.0 Å². The van der Waals surface area contributed by atoms with E-state index in [1.807, 2.05) is 42.2 Å². The number of furan rings is 1. The predicted octanol–water partition coefficient (Wildman–Crippen LogP) is 2.58. The van der Waals surface area contributed by atoms with E-state index >= 15 is 0 Å². The molecule has 9 nitrogen and oxygen atoms in total. The zero-order valence-corrected chi connectivity index (χ0v) is 19.9. The fourth-order valence-corrected chi connectivity index (χ4v) is 4.98. The molecule has 1 aliphatic heterocycles. The lowest BCUT2D eigenvalue weighted by Crippen LogP contribution is -2.50. The molecule has 1 saturated heterocycles. The van der Waals surface area contributed by atoms with E-state index in [1.54, 1.807) is 12.3 Å². The van der Waals surface area contributed by atoms with Gasteiger partial charge in [0.05, 0.1) is 18.6 Å². The lowest BCUT2D eigenvalue weighted by atomic mass is 10.2.